The molecule has 192 valence electrons. The van der Waals surface area contributed by atoms with E-state index in [9.17, 15) is 0 Å². The fourth-order valence-electron chi connectivity index (χ4n) is 6.87. The number of para-hydroxylation sites is 1. The number of hydrogen-bond acceptors (Lipinski definition) is 1. The maximum absolute atomic E-state index is 2.73. The lowest BCUT2D eigenvalue weighted by Gasteiger charge is -2.42. The summed E-state index contributed by atoms with van der Waals surface area (Å²) in [6.45, 7) is 12.0. The fourth-order valence-corrected chi connectivity index (χ4v) is 6.87. The molecule has 3 aliphatic rings. The number of fused-ring (bicyclic) bond motifs is 3. The van der Waals surface area contributed by atoms with Gasteiger partial charge in [-0.25, -0.2) is 0 Å². The molecule has 0 heterocycles. The molecule has 1 nitrogen and oxygen atoms in total. The van der Waals surface area contributed by atoms with Crippen LogP contribution in [0.1, 0.15) is 94.4 Å². The van der Waals surface area contributed by atoms with Gasteiger partial charge in [0.15, 0.2) is 0 Å². The third kappa shape index (κ3) is 3.74. The van der Waals surface area contributed by atoms with Crippen LogP contribution in [-0.2, 0) is 5.41 Å². The van der Waals surface area contributed by atoms with Crippen LogP contribution < -0.4 is 4.90 Å². The topological polar surface area (TPSA) is 3.24 Å². The Balaban J connectivity index is 1.53. The summed E-state index contributed by atoms with van der Waals surface area (Å²) < 4.78 is 0. The van der Waals surface area contributed by atoms with Crippen LogP contribution in [0.2, 0.25) is 0 Å². The van der Waals surface area contributed by atoms with Gasteiger partial charge in [0.25, 0.3) is 0 Å². The van der Waals surface area contributed by atoms with E-state index in [0.717, 1.165) is 0 Å². The molecule has 1 heteroatoms. The minimum atomic E-state index is -0.0833. The Kier molecular flexibility index (Phi) is 5.22. The zero-order chi connectivity index (χ0) is 26.2. The predicted octanol–water partition coefficient (Wildman–Crippen LogP) is 10.4. The minimum Gasteiger partial charge on any atom is -0.335 e. The zero-order valence-corrected chi connectivity index (χ0v) is 23.5. The Morgan fingerprint density at radius 2 is 1.26 bits per heavy atom. The predicted molar refractivity (Wildman–Crippen MR) is 162 cm³/mol. The highest BCUT2D eigenvalue weighted by Gasteiger charge is 2.41. The number of nitrogens with zero attached hydrogens (tertiary/aromatic N) is 1. The summed E-state index contributed by atoms with van der Waals surface area (Å²) in [5.41, 5.74) is 14.3. The van der Waals surface area contributed by atoms with Crippen LogP contribution in [0.3, 0.4) is 0 Å². The standard InChI is InChI=1S/C37H39N/c1-36(2,3)38(35-27(24-12-7-6-8-13-24)15-11-16-28(35)25-18-19-25)34-23-31-29-14-9-10-17-32(29)37(4,5)33(31)22-30(34)26-20-21-26/h6-17,22-23,25-26H,18-21H2,1-5H3. The van der Waals surface area contributed by atoms with Gasteiger partial charge in [0.1, 0.15) is 0 Å². The lowest BCUT2D eigenvalue weighted by molar-refractivity contribution is 0.557. The number of rotatable bonds is 5. The van der Waals surface area contributed by atoms with Gasteiger partial charge in [-0.1, -0.05) is 92.7 Å². The summed E-state index contributed by atoms with van der Waals surface area (Å²) in [6, 6.07) is 32.3. The molecule has 2 saturated carbocycles. The van der Waals surface area contributed by atoms with Gasteiger partial charge in [-0.15, -0.1) is 0 Å². The molecule has 0 amide bonds. The molecule has 4 aromatic carbocycles. The maximum atomic E-state index is 2.73. The summed E-state index contributed by atoms with van der Waals surface area (Å²) in [5, 5.41) is 0. The van der Waals surface area contributed by atoms with E-state index in [1.807, 2.05) is 0 Å². The van der Waals surface area contributed by atoms with Gasteiger partial charge >= 0.3 is 0 Å². The minimum absolute atomic E-state index is 0.0295. The van der Waals surface area contributed by atoms with Gasteiger partial charge in [0.05, 0.1) is 5.69 Å². The molecule has 0 radical (unpaired) electrons. The van der Waals surface area contributed by atoms with E-state index >= 15 is 0 Å². The summed E-state index contributed by atoms with van der Waals surface area (Å²) >= 11 is 0. The van der Waals surface area contributed by atoms with Crippen molar-refractivity contribution in [3.63, 3.8) is 0 Å². The van der Waals surface area contributed by atoms with Crippen LogP contribution in [0.25, 0.3) is 22.3 Å². The average Bonchev–Trinajstić information content (AvgIpc) is 3.82. The SMILES string of the molecule is CC1(C)c2ccccc2-c2cc(N(c3c(-c4ccccc4)cccc3C3CC3)C(C)(C)C)c(C3CC3)cc21. The highest BCUT2D eigenvalue weighted by Crippen LogP contribution is 2.57. The highest BCUT2D eigenvalue weighted by molar-refractivity contribution is 5.91. The van der Waals surface area contributed by atoms with Crippen molar-refractivity contribution in [1.82, 2.24) is 0 Å². The van der Waals surface area contributed by atoms with E-state index in [1.54, 1.807) is 5.56 Å². The van der Waals surface area contributed by atoms with Crippen molar-refractivity contribution in [2.45, 2.75) is 83.1 Å². The second-order valence-corrected chi connectivity index (χ2v) is 13.3. The summed E-state index contributed by atoms with van der Waals surface area (Å²) in [7, 11) is 0. The molecule has 0 spiro atoms. The normalized spacial score (nSPS) is 17.7. The van der Waals surface area contributed by atoms with Gasteiger partial charge in [0.2, 0.25) is 0 Å². The third-order valence-corrected chi connectivity index (χ3v) is 9.05. The van der Waals surface area contributed by atoms with E-state index in [0.29, 0.717) is 11.8 Å². The first-order valence-corrected chi connectivity index (χ1v) is 14.5. The molecule has 38 heavy (non-hydrogen) atoms. The van der Waals surface area contributed by atoms with Gasteiger partial charge < -0.3 is 4.90 Å². The highest BCUT2D eigenvalue weighted by atomic mass is 15.2. The van der Waals surface area contributed by atoms with Crippen molar-refractivity contribution >= 4 is 11.4 Å². The van der Waals surface area contributed by atoms with Crippen molar-refractivity contribution in [2.75, 3.05) is 4.90 Å². The molecule has 7 rings (SSSR count). The van der Waals surface area contributed by atoms with Gasteiger partial charge in [-0.2, -0.15) is 0 Å². The van der Waals surface area contributed by atoms with Crippen molar-refractivity contribution in [3.8, 4) is 22.3 Å². The van der Waals surface area contributed by atoms with Crippen molar-refractivity contribution in [2.24, 2.45) is 0 Å². The molecule has 0 N–H and O–H groups in total. The first-order chi connectivity index (χ1) is 18.2. The number of benzene rings is 4. The molecular weight excluding hydrogens is 458 g/mol. The second kappa shape index (κ2) is 8.34. The Bertz CT molecular complexity index is 1530. The Labute approximate surface area is 228 Å². The lowest BCUT2D eigenvalue weighted by atomic mass is 9.81. The van der Waals surface area contributed by atoms with Crippen LogP contribution in [0.5, 0.6) is 0 Å². The smallest absolute Gasteiger partial charge is 0.0530 e. The third-order valence-electron chi connectivity index (χ3n) is 9.05. The first kappa shape index (κ1) is 23.8. The van der Waals surface area contributed by atoms with Gasteiger partial charge in [-0.05, 0) is 103 Å². The quantitative estimate of drug-likeness (QED) is 0.265. The summed E-state index contributed by atoms with van der Waals surface area (Å²) in [4.78, 5) is 2.73. The molecule has 0 aliphatic heterocycles. The first-order valence-electron chi connectivity index (χ1n) is 14.5. The Hall–Kier alpha value is -3.32. The fraction of sp³-hybridized carbons (Fsp3) is 0.351. The van der Waals surface area contributed by atoms with Crippen molar-refractivity contribution in [1.29, 1.82) is 0 Å². The average molecular weight is 498 g/mol. The second-order valence-electron chi connectivity index (χ2n) is 13.3. The molecular formula is C37H39N. The van der Waals surface area contributed by atoms with Gasteiger partial charge in [0, 0.05) is 22.2 Å². The van der Waals surface area contributed by atoms with E-state index in [2.05, 4.69) is 124 Å². The maximum Gasteiger partial charge on any atom is 0.0530 e. The zero-order valence-electron chi connectivity index (χ0n) is 23.5. The van der Waals surface area contributed by atoms with E-state index in [-0.39, 0.29) is 11.0 Å². The van der Waals surface area contributed by atoms with Gasteiger partial charge in [-0.3, -0.25) is 0 Å². The molecule has 0 atom stereocenters. The monoisotopic (exact) mass is 497 g/mol. The van der Waals surface area contributed by atoms with Crippen molar-refractivity contribution in [3.05, 3.63) is 107 Å². The van der Waals surface area contributed by atoms with Crippen LogP contribution >= 0.6 is 0 Å². The molecule has 3 aliphatic carbocycles. The number of anilines is 2. The van der Waals surface area contributed by atoms with E-state index in [4.69, 9.17) is 0 Å². The van der Waals surface area contributed by atoms with Crippen LogP contribution in [0.15, 0.2) is 84.9 Å². The lowest BCUT2D eigenvalue weighted by Crippen LogP contribution is -2.39. The van der Waals surface area contributed by atoms with Crippen molar-refractivity contribution < 1.29 is 0 Å². The van der Waals surface area contributed by atoms with Crippen LogP contribution in [-0.4, -0.2) is 5.54 Å². The van der Waals surface area contributed by atoms with E-state index < -0.39 is 0 Å². The molecule has 2 fully saturated rings. The molecule has 0 bridgehead atoms. The Morgan fingerprint density at radius 1 is 0.632 bits per heavy atom. The molecule has 0 aromatic heterocycles. The molecule has 0 saturated heterocycles. The van der Waals surface area contributed by atoms with Crippen LogP contribution in [0.4, 0.5) is 11.4 Å². The molecule has 4 aromatic rings. The summed E-state index contributed by atoms with van der Waals surface area (Å²) in [5.74, 6) is 1.32. The summed E-state index contributed by atoms with van der Waals surface area (Å²) in [6.07, 6.45) is 5.19. The molecule has 0 unspecified atom stereocenters. The number of hydrogen-bond donors (Lipinski definition) is 0. The Morgan fingerprint density at radius 3 is 1.95 bits per heavy atom. The van der Waals surface area contributed by atoms with Crippen LogP contribution in [0, 0.1) is 0 Å². The van der Waals surface area contributed by atoms with E-state index in [1.165, 1.54) is 76.0 Å². The largest absolute Gasteiger partial charge is 0.335 e.